The number of rotatable bonds is 15. The molecule has 14 nitrogen and oxygen atoms in total. The molecule has 4 amide bonds. The van der Waals surface area contributed by atoms with Crippen molar-refractivity contribution in [1.29, 1.82) is 0 Å². The summed E-state index contributed by atoms with van der Waals surface area (Å²) in [5.74, 6) is -5.82. The smallest absolute Gasteiger partial charge is 0.325 e. The molecule has 0 bridgehead atoms. The third-order valence-corrected chi connectivity index (χ3v) is 5.19. The molecule has 1 aromatic carbocycles. The summed E-state index contributed by atoms with van der Waals surface area (Å²) in [4.78, 5) is 71.9. The Balaban J connectivity index is 2.86. The maximum atomic E-state index is 12.6. The maximum Gasteiger partial charge on any atom is 0.325 e. The molecule has 0 unspecified atom stereocenters. The third-order valence-electron chi connectivity index (χ3n) is 5.19. The van der Waals surface area contributed by atoms with Crippen LogP contribution < -0.4 is 27.0 Å². The van der Waals surface area contributed by atoms with Crippen molar-refractivity contribution in [2.75, 3.05) is 6.54 Å². The van der Waals surface area contributed by atoms with E-state index in [1.54, 1.807) is 30.3 Å². The summed E-state index contributed by atoms with van der Waals surface area (Å²) in [6.45, 7) is 1.89. The van der Waals surface area contributed by atoms with Gasteiger partial charge in [0.2, 0.25) is 23.6 Å². The van der Waals surface area contributed by atoms with Crippen LogP contribution in [0.3, 0.4) is 0 Å². The summed E-state index contributed by atoms with van der Waals surface area (Å²) in [6, 6.07) is 3.52. The van der Waals surface area contributed by atoms with Crippen LogP contribution in [0.1, 0.15) is 32.3 Å². The van der Waals surface area contributed by atoms with Gasteiger partial charge in [-0.3, -0.25) is 28.8 Å². The number of carbonyl (C=O) groups is 6. The zero-order valence-corrected chi connectivity index (χ0v) is 20.5. The van der Waals surface area contributed by atoms with Gasteiger partial charge in [0, 0.05) is 12.8 Å². The molecule has 0 aliphatic heterocycles. The van der Waals surface area contributed by atoms with Crippen molar-refractivity contribution in [1.82, 2.24) is 21.3 Å². The molecule has 204 valence electrons. The molecule has 37 heavy (non-hydrogen) atoms. The van der Waals surface area contributed by atoms with E-state index in [1.165, 1.54) is 13.8 Å². The van der Waals surface area contributed by atoms with Crippen LogP contribution in [0, 0.1) is 0 Å². The molecule has 14 heteroatoms. The van der Waals surface area contributed by atoms with E-state index in [1.807, 2.05) is 0 Å². The summed E-state index contributed by atoms with van der Waals surface area (Å²) in [5.41, 5.74) is 6.22. The third kappa shape index (κ3) is 11.5. The molecule has 0 aromatic heterocycles. The fraction of sp³-hybridized carbons (Fsp3) is 0.478. The molecule has 0 aliphatic rings. The van der Waals surface area contributed by atoms with E-state index >= 15 is 0 Å². The van der Waals surface area contributed by atoms with Gasteiger partial charge in [-0.15, -0.1) is 0 Å². The Hall–Kier alpha value is -4.04. The highest BCUT2D eigenvalue weighted by atomic mass is 16.4. The highest BCUT2D eigenvalue weighted by Crippen LogP contribution is 2.05. The predicted molar refractivity (Wildman–Crippen MR) is 129 cm³/mol. The number of carbonyl (C=O) groups excluding carboxylic acids is 4. The monoisotopic (exact) mass is 523 g/mol. The topological polar surface area (TPSA) is 237 Å². The van der Waals surface area contributed by atoms with E-state index in [9.17, 15) is 33.9 Å². The van der Waals surface area contributed by atoms with Crippen LogP contribution in [-0.4, -0.2) is 87.7 Å². The molecular formula is C23H33N5O9. The number of hydrogen-bond donors (Lipinski definition) is 8. The molecule has 0 heterocycles. The molecular weight excluding hydrogens is 490 g/mol. The van der Waals surface area contributed by atoms with Gasteiger partial charge < -0.3 is 42.3 Å². The van der Waals surface area contributed by atoms with Crippen LogP contribution >= 0.6 is 0 Å². The SMILES string of the molecule is C[C@H](NC(=O)[C@H](Cc1ccccc1)NC(=O)CNC(=O)[C@H](CCC(=O)O)NC(=O)[C@@H](N)[C@@H](C)O)C(=O)O. The second-order valence-corrected chi connectivity index (χ2v) is 8.36. The van der Waals surface area contributed by atoms with Gasteiger partial charge in [-0.25, -0.2) is 0 Å². The molecule has 0 radical (unpaired) electrons. The van der Waals surface area contributed by atoms with Crippen molar-refractivity contribution in [3.05, 3.63) is 35.9 Å². The zero-order valence-electron chi connectivity index (χ0n) is 20.5. The van der Waals surface area contributed by atoms with E-state index in [0.29, 0.717) is 5.56 Å². The maximum absolute atomic E-state index is 12.6. The first-order valence-electron chi connectivity index (χ1n) is 11.4. The number of aliphatic hydroxyl groups is 1. The van der Waals surface area contributed by atoms with E-state index in [0.717, 1.165) is 0 Å². The Bertz CT molecular complexity index is 971. The Kier molecular flexibility index (Phi) is 12.7. The average molecular weight is 524 g/mol. The number of amides is 4. The number of nitrogens with one attached hydrogen (secondary N) is 4. The highest BCUT2D eigenvalue weighted by Gasteiger charge is 2.28. The fourth-order valence-electron chi connectivity index (χ4n) is 2.99. The Morgan fingerprint density at radius 1 is 0.865 bits per heavy atom. The Morgan fingerprint density at radius 2 is 1.49 bits per heavy atom. The normalized spacial score (nSPS) is 14.7. The second kappa shape index (κ2) is 15.2. The number of nitrogens with two attached hydrogens (primary N) is 1. The summed E-state index contributed by atoms with van der Waals surface area (Å²) in [6.07, 6.45) is -1.99. The van der Waals surface area contributed by atoms with Gasteiger partial charge in [0.25, 0.3) is 0 Å². The minimum absolute atomic E-state index is 0.0349. The van der Waals surface area contributed by atoms with Crippen LogP contribution in [0.25, 0.3) is 0 Å². The van der Waals surface area contributed by atoms with Gasteiger partial charge in [-0.1, -0.05) is 30.3 Å². The molecule has 9 N–H and O–H groups in total. The van der Waals surface area contributed by atoms with Gasteiger partial charge in [0.05, 0.1) is 12.6 Å². The molecule has 0 fully saturated rings. The molecule has 0 saturated heterocycles. The Morgan fingerprint density at radius 3 is 2.03 bits per heavy atom. The lowest BCUT2D eigenvalue weighted by atomic mass is 10.0. The van der Waals surface area contributed by atoms with E-state index < -0.39 is 78.8 Å². The van der Waals surface area contributed by atoms with Crippen LogP contribution in [0.5, 0.6) is 0 Å². The largest absolute Gasteiger partial charge is 0.481 e. The lowest BCUT2D eigenvalue weighted by Gasteiger charge is -2.22. The van der Waals surface area contributed by atoms with E-state index in [2.05, 4.69) is 21.3 Å². The first-order chi connectivity index (χ1) is 17.3. The number of benzene rings is 1. The summed E-state index contributed by atoms with van der Waals surface area (Å²) < 4.78 is 0. The zero-order chi connectivity index (χ0) is 28.1. The second-order valence-electron chi connectivity index (χ2n) is 8.36. The summed E-state index contributed by atoms with van der Waals surface area (Å²) in [7, 11) is 0. The lowest BCUT2D eigenvalue weighted by molar-refractivity contribution is -0.141. The molecule has 1 rings (SSSR count). The van der Waals surface area contributed by atoms with Crippen molar-refractivity contribution in [2.24, 2.45) is 5.73 Å². The van der Waals surface area contributed by atoms with Gasteiger partial charge >= 0.3 is 11.9 Å². The van der Waals surface area contributed by atoms with Gasteiger partial charge in [-0.05, 0) is 25.8 Å². The van der Waals surface area contributed by atoms with Crippen LogP contribution in [0.2, 0.25) is 0 Å². The van der Waals surface area contributed by atoms with Crippen molar-refractivity contribution in [3.8, 4) is 0 Å². The predicted octanol–water partition coefficient (Wildman–Crippen LogP) is -2.52. The quantitative estimate of drug-likeness (QED) is 0.120. The lowest BCUT2D eigenvalue weighted by Crippen LogP contribution is -2.56. The fourth-order valence-corrected chi connectivity index (χ4v) is 2.99. The standard InChI is InChI=1S/C23H33N5O9/c1-12(23(36)37)26-21(34)16(10-14-6-4-3-5-7-14)27-17(30)11-25-20(33)15(8-9-18(31)32)28-22(35)19(24)13(2)29/h3-7,12-13,15-16,19,29H,8-11,24H2,1-2H3,(H,25,33)(H,26,34)(H,27,30)(H,28,35)(H,31,32)(H,36,37)/t12-,13+,15-,16-,19-/m0/s1. The van der Waals surface area contributed by atoms with E-state index in [-0.39, 0.29) is 12.8 Å². The van der Waals surface area contributed by atoms with Crippen LogP contribution in [-0.2, 0) is 35.2 Å². The van der Waals surface area contributed by atoms with Crippen molar-refractivity contribution < 1.29 is 44.1 Å². The number of carboxylic acids is 2. The number of carboxylic acid groups (broad SMARTS) is 2. The summed E-state index contributed by atoms with van der Waals surface area (Å²) in [5, 5.41) is 36.6. The minimum Gasteiger partial charge on any atom is -0.481 e. The van der Waals surface area contributed by atoms with Gasteiger partial charge in [0.1, 0.15) is 24.2 Å². The van der Waals surface area contributed by atoms with Crippen LogP contribution in [0.4, 0.5) is 0 Å². The van der Waals surface area contributed by atoms with E-state index in [4.69, 9.17) is 15.9 Å². The van der Waals surface area contributed by atoms with Crippen molar-refractivity contribution in [3.63, 3.8) is 0 Å². The molecule has 0 saturated carbocycles. The number of aliphatic hydroxyl groups excluding tert-OH is 1. The van der Waals surface area contributed by atoms with Crippen molar-refractivity contribution >= 4 is 35.6 Å². The van der Waals surface area contributed by atoms with Gasteiger partial charge in [-0.2, -0.15) is 0 Å². The average Bonchev–Trinajstić information content (AvgIpc) is 2.84. The number of hydrogen-bond acceptors (Lipinski definition) is 8. The molecule has 0 spiro atoms. The van der Waals surface area contributed by atoms with Crippen molar-refractivity contribution in [2.45, 2.75) is 63.4 Å². The first-order valence-corrected chi connectivity index (χ1v) is 11.4. The Labute approximate surface area is 213 Å². The van der Waals surface area contributed by atoms with Crippen LogP contribution in [0.15, 0.2) is 30.3 Å². The number of aliphatic carboxylic acids is 2. The molecule has 5 atom stereocenters. The highest BCUT2D eigenvalue weighted by molar-refractivity contribution is 5.94. The minimum atomic E-state index is -1.37. The molecule has 0 aliphatic carbocycles. The molecule has 1 aromatic rings. The van der Waals surface area contributed by atoms with Gasteiger partial charge in [0.15, 0.2) is 0 Å². The summed E-state index contributed by atoms with van der Waals surface area (Å²) >= 11 is 0. The first kappa shape index (κ1) is 31.0.